The molecule has 0 saturated heterocycles. The van der Waals surface area contributed by atoms with Crippen molar-refractivity contribution in [1.29, 1.82) is 0 Å². The Balaban J connectivity index is 1.90. The molecule has 1 nitrogen and oxygen atoms in total. The summed E-state index contributed by atoms with van der Waals surface area (Å²) in [7, 11) is -1.50. The Hall–Kier alpha value is -1.38. The summed E-state index contributed by atoms with van der Waals surface area (Å²) in [5, 5.41) is 11.5. The monoisotopic (exact) mass is 366 g/mol. The maximum absolute atomic E-state index is 9.90. The highest BCUT2D eigenvalue weighted by Crippen LogP contribution is 2.63. The standard InChI is InChI=1S/C24H34OSi/c1-23(2,18-25)17-22(20-11-7-5-8-12-20)24(15-16-24)19-26(3,4)21-13-9-6-10-14-21/h5-14,22,25H,15-19H2,1-4H3. The number of hydrogen-bond donors (Lipinski definition) is 1. The number of hydrogen-bond acceptors (Lipinski definition) is 1. The Morgan fingerprint density at radius 2 is 1.50 bits per heavy atom. The topological polar surface area (TPSA) is 20.2 Å². The fraction of sp³-hybridized carbons (Fsp3) is 0.500. The van der Waals surface area contributed by atoms with Gasteiger partial charge >= 0.3 is 0 Å². The molecule has 0 aromatic heterocycles. The fourth-order valence-corrected chi connectivity index (χ4v) is 8.33. The van der Waals surface area contributed by atoms with Gasteiger partial charge in [-0.3, -0.25) is 0 Å². The van der Waals surface area contributed by atoms with Crippen LogP contribution in [0.25, 0.3) is 0 Å². The molecular formula is C24H34OSi. The lowest BCUT2D eigenvalue weighted by Crippen LogP contribution is -2.44. The average molecular weight is 367 g/mol. The van der Waals surface area contributed by atoms with Crippen LogP contribution in [0.5, 0.6) is 0 Å². The molecule has 1 fully saturated rings. The first-order valence-corrected chi connectivity index (χ1v) is 13.2. The van der Waals surface area contributed by atoms with Crippen molar-refractivity contribution in [2.24, 2.45) is 10.8 Å². The minimum absolute atomic E-state index is 0.0332. The summed E-state index contributed by atoms with van der Waals surface area (Å²) in [6, 6.07) is 23.6. The van der Waals surface area contributed by atoms with Gasteiger partial charge in [0.1, 0.15) is 0 Å². The van der Waals surface area contributed by atoms with Crippen LogP contribution in [0, 0.1) is 10.8 Å². The minimum Gasteiger partial charge on any atom is -0.396 e. The van der Waals surface area contributed by atoms with Crippen LogP contribution in [0.15, 0.2) is 60.7 Å². The Bertz CT molecular complexity index is 702. The van der Waals surface area contributed by atoms with Crippen molar-refractivity contribution in [2.75, 3.05) is 6.61 Å². The van der Waals surface area contributed by atoms with Gasteiger partial charge in [-0.2, -0.15) is 0 Å². The van der Waals surface area contributed by atoms with Crippen molar-refractivity contribution in [3.05, 3.63) is 66.2 Å². The van der Waals surface area contributed by atoms with Gasteiger partial charge in [0.15, 0.2) is 0 Å². The molecule has 140 valence electrons. The Morgan fingerprint density at radius 3 is 2.00 bits per heavy atom. The molecule has 0 heterocycles. The van der Waals surface area contributed by atoms with Crippen molar-refractivity contribution in [3.8, 4) is 0 Å². The molecular weight excluding hydrogens is 332 g/mol. The molecule has 1 aliphatic rings. The third-order valence-corrected chi connectivity index (χ3v) is 9.85. The number of aliphatic hydroxyl groups is 1. The van der Waals surface area contributed by atoms with E-state index in [-0.39, 0.29) is 12.0 Å². The highest BCUT2D eigenvalue weighted by atomic mass is 28.3. The molecule has 1 aliphatic carbocycles. The molecule has 2 aromatic carbocycles. The lowest BCUT2D eigenvalue weighted by Gasteiger charge is -2.38. The molecule has 1 saturated carbocycles. The van der Waals surface area contributed by atoms with E-state index in [9.17, 15) is 5.11 Å². The van der Waals surface area contributed by atoms with Gasteiger partial charge in [0, 0.05) is 6.61 Å². The molecule has 1 unspecified atom stereocenters. The van der Waals surface area contributed by atoms with Crippen molar-refractivity contribution < 1.29 is 5.11 Å². The molecule has 1 atom stereocenters. The Morgan fingerprint density at radius 1 is 0.962 bits per heavy atom. The van der Waals surface area contributed by atoms with E-state index in [0.717, 1.165) is 6.42 Å². The van der Waals surface area contributed by atoms with Crippen LogP contribution in [-0.4, -0.2) is 19.8 Å². The minimum atomic E-state index is -1.50. The molecule has 2 aromatic rings. The van der Waals surface area contributed by atoms with E-state index in [1.807, 2.05) is 0 Å². The maximum Gasteiger partial charge on any atom is 0.0812 e. The molecule has 0 aliphatic heterocycles. The first kappa shape index (κ1) is 19.4. The Labute approximate surface area is 160 Å². The van der Waals surface area contributed by atoms with E-state index in [0.29, 0.717) is 11.3 Å². The van der Waals surface area contributed by atoms with Gasteiger partial charge in [-0.1, -0.05) is 92.8 Å². The highest BCUT2D eigenvalue weighted by molar-refractivity contribution is 6.89. The number of rotatable bonds is 8. The number of benzene rings is 2. The van der Waals surface area contributed by atoms with Gasteiger partial charge in [0.2, 0.25) is 0 Å². The van der Waals surface area contributed by atoms with Crippen LogP contribution in [0.4, 0.5) is 0 Å². The fourth-order valence-electron chi connectivity index (χ4n) is 4.67. The molecule has 2 heteroatoms. The first-order chi connectivity index (χ1) is 12.3. The molecule has 1 N–H and O–H groups in total. The molecule has 0 bridgehead atoms. The van der Waals surface area contributed by atoms with Crippen molar-refractivity contribution in [2.45, 2.75) is 58.2 Å². The number of aliphatic hydroxyl groups excluding tert-OH is 1. The summed E-state index contributed by atoms with van der Waals surface area (Å²) in [5.74, 6) is 0.543. The van der Waals surface area contributed by atoms with Gasteiger partial charge in [0.25, 0.3) is 0 Å². The summed E-state index contributed by atoms with van der Waals surface area (Å²) >= 11 is 0. The second-order valence-electron chi connectivity index (χ2n) is 9.78. The van der Waals surface area contributed by atoms with Gasteiger partial charge in [-0.05, 0) is 47.6 Å². The summed E-state index contributed by atoms with van der Waals surface area (Å²) < 4.78 is 0. The van der Waals surface area contributed by atoms with Crippen molar-refractivity contribution >= 4 is 13.3 Å². The van der Waals surface area contributed by atoms with E-state index in [1.54, 1.807) is 5.19 Å². The van der Waals surface area contributed by atoms with Gasteiger partial charge in [-0.25, -0.2) is 0 Å². The zero-order valence-corrected chi connectivity index (χ0v) is 17.8. The predicted octanol–water partition coefficient (Wildman–Crippen LogP) is 5.57. The summed E-state index contributed by atoms with van der Waals surface area (Å²) in [6.45, 7) is 9.73. The van der Waals surface area contributed by atoms with Crippen molar-refractivity contribution in [1.82, 2.24) is 0 Å². The zero-order valence-electron chi connectivity index (χ0n) is 16.8. The largest absolute Gasteiger partial charge is 0.396 e. The molecule has 0 spiro atoms. The van der Waals surface area contributed by atoms with Crippen LogP contribution < -0.4 is 5.19 Å². The summed E-state index contributed by atoms with van der Waals surface area (Å²) in [4.78, 5) is 0. The van der Waals surface area contributed by atoms with Crippen LogP contribution >= 0.6 is 0 Å². The van der Waals surface area contributed by atoms with E-state index in [4.69, 9.17) is 0 Å². The third-order valence-electron chi connectivity index (χ3n) is 6.37. The second kappa shape index (κ2) is 7.32. The maximum atomic E-state index is 9.90. The van der Waals surface area contributed by atoms with E-state index in [2.05, 4.69) is 87.6 Å². The lowest BCUT2D eigenvalue weighted by atomic mass is 9.73. The first-order valence-electron chi connectivity index (χ1n) is 9.99. The predicted molar refractivity (Wildman–Crippen MR) is 115 cm³/mol. The van der Waals surface area contributed by atoms with E-state index < -0.39 is 8.07 Å². The molecule has 26 heavy (non-hydrogen) atoms. The highest BCUT2D eigenvalue weighted by Gasteiger charge is 2.53. The summed E-state index contributed by atoms with van der Waals surface area (Å²) in [5.41, 5.74) is 1.85. The average Bonchev–Trinajstić information content (AvgIpc) is 3.41. The van der Waals surface area contributed by atoms with Crippen LogP contribution in [0.2, 0.25) is 19.1 Å². The third kappa shape index (κ3) is 4.29. The van der Waals surface area contributed by atoms with Gasteiger partial charge in [0.05, 0.1) is 8.07 Å². The normalized spacial score (nSPS) is 17.7. The zero-order chi connectivity index (χ0) is 18.8. The van der Waals surface area contributed by atoms with E-state index in [1.165, 1.54) is 24.4 Å². The quantitative estimate of drug-likeness (QED) is 0.605. The van der Waals surface area contributed by atoms with E-state index >= 15 is 0 Å². The van der Waals surface area contributed by atoms with Gasteiger partial charge in [-0.15, -0.1) is 0 Å². The second-order valence-corrected chi connectivity index (χ2v) is 14.5. The smallest absolute Gasteiger partial charge is 0.0812 e. The van der Waals surface area contributed by atoms with Crippen LogP contribution in [0.3, 0.4) is 0 Å². The Kier molecular flexibility index (Phi) is 5.46. The SMILES string of the molecule is CC(C)(CO)CC(c1ccccc1)C1(C[Si](C)(C)c2ccccc2)CC1. The van der Waals surface area contributed by atoms with Crippen LogP contribution in [0.1, 0.15) is 44.6 Å². The molecule has 0 radical (unpaired) electrons. The summed E-state index contributed by atoms with van der Waals surface area (Å²) in [6.07, 6.45) is 3.72. The van der Waals surface area contributed by atoms with Gasteiger partial charge < -0.3 is 5.11 Å². The lowest BCUT2D eigenvalue weighted by molar-refractivity contribution is 0.130. The van der Waals surface area contributed by atoms with Crippen molar-refractivity contribution in [3.63, 3.8) is 0 Å². The molecule has 0 amide bonds. The van der Waals surface area contributed by atoms with Crippen LogP contribution in [-0.2, 0) is 0 Å². The molecule has 3 rings (SSSR count).